The first-order chi connectivity index (χ1) is 13.0. The molecule has 0 bridgehead atoms. The molecule has 0 heterocycles. The van der Waals surface area contributed by atoms with E-state index < -0.39 is 15.8 Å². The average molecular weight is 385 g/mol. The summed E-state index contributed by atoms with van der Waals surface area (Å²) in [5, 5.41) is 0. The van der Waals surface area contributed by atoms with E-state index in [-0.39, 0.29) is 11.4 Å². The maximum Gasteiger partial charge on any atom is 0.240 e. The van der Waals surface area contributed by atoms with E-state index in [1.54, 1.807) is 0 Å². The van der Waals surface area contributed by atoms with Gasteiger partial charge in [0.1, 0.15) is 5.82 Å². The maximum absolute atomic E-state index is 13.3. The van der Waals surface area contributed by atoms with Gasteiger partial charge in [0.25, 0.3) is 0 Å². The Morgan fingerprint density at radius 2 is 1.52 bits per heavy atom. The minimum absolute atomic E-state index is 0.0969. The molecule has 0 atom stereocenters. The zero-order valence-electron chi connectivity index (χ0n) is 14.6. The predicted molar refractivity (Wildman–Crippen MR) is 102 cm³/mol. The second-order valence-corrected chi connectivity index (χ2v) is 7.80. The van der Waals surface area contributed by atoms with Crippen LogP contribution in [0.15, 0.2) is 83.8 Å². The van der Waals surface area contributed by atoms with E-state index in [4.69, 9.17) is 4.74 Å². The second kappa shape index (κ2) is 8.90. The summed E-state index contributed by atoms with van der Waals surface area (Å²) in [6.07, 6.45) is 0. The van der Waals surface area contributed by atoms with Crippen LogP contribution in [0.2, 0.25) is 0 Å². The Morgan fingerprint density at radius 1 is 0.815 bits per heavy atom. The fourth-order valence-corrected chi connectivity index (χ4v) is 3.65. The summed E-state index contributed by atoms with van der Waals surface area (Å²) in [6.45, 7) is 0.945. The largest absolute Gasteiger partial charge is 0.372 e. The molecular weight excluding hydrogens is 365 g/mol. The maximum atomic E-state index is 13.3. The number of benzene rings is 3. The average Bonchev–Trinajstić information content (AvgIpc) is 2.68. The monoisotopic (exact) mass is 385 g/mol. The van der Waals surface area contributed by atoms with Crippen LogP contribution in [0.5, 0.6) is 0 Å². The molecule has 27 heavy (non-hydrogen) atoms. The molecule has 0 aliphatic rings. The van der Waals surface area contributed by atoms with E-state index in [2.05, 4.69) is 4.72 Å². The van der Waals surface area contributed by atoms with Crippen molar-refractivity contribution in [1.82, 2.24) is 4.72 Å². The minimum atomic E-state index is -3.79. The first-order valence-corrected chi connectivity index (χ1v) is 9.96. The molecule has 0 aromatic heterocycles. The van der Waals surface area contributed by atoms with Crippen molar-refractivity contribution in [2.45, 2.75) is 24.7 Å². The van der Waals surface area contributed by atoms with Gasteiger partial charge in [-0.05, 0) is 34.9 Å². The Bertz CT molecular complexity index is 991. The van der Waals surface area contributed by atoms with Crippen LogP contribution in [0.25, 0.3) is 0 Å². The van der Waals surface area contributed by atoms with Crippen LogP contribution < -0.4 is 4.72 Å². The highest BCUT2D eigenvalue weighted by Gasteiger charge is 2.15. The first-order valence-electron chi connectivity index (χ1n) is 8.48. The third kappa shape index (κ3) is 5.47. The fourth-order valence-electron chi connectivity index (χ4n) is 2.61. The number of hydrogen-bond acceptors (Lipinski definition) is 3. The van der Waals surface area contributed by atoms with Gasteiger partial charge in [0, 0.05) is 6.54 Å². The van der Waals surface area contributed by atoms with Gasteiger partial charge in [-0.1, -0.05) is 60.7 Å². The van der Waals surface area contributed by atoms with E-state index in [0.717, 1.165) is 22.8 Å². The van der Waals surface area contributed by atoms with Crippen molar-refractivity contribution in [2.75, 3.05) is 0 Å². The van der Waals surface area contributed by atoms with Crippen molar-refractivity contribution < 1.29 is 17.5 Å². The van der Waals surface area contributed by atoms with Gasteiger partial charge in [-0.25, -0.2) is 17.5 Å². The Balaban J connectivity index is 1.63. The van der Waals surface area contributed by atoms with Crippen molar-refractivity contribution in [3.05, 3.63) is 101 Å². The van der Waals surface area contributed by atoms with Gasteiger partial charge in [0.05, 0.1) is 18.1 Å². The van der Waals surface area contributed by atoms with E-state index in [1.165, 1.54) is 18.2 Å². The standard InChI is InChI=1S/C21H20FNO3S/c22-20-11-6-12-21(13-20)27(24,25)23-14-18-9-4-5-10-19(18)16-26-15-17-7-2-1-3-8-17/h1-13,23H,14-16H2. The van der Waals surface area contributed by atoms with Gasteiger partial charge < -0.3 is 4.74 Å². The normalized spacial score (nSPS) is 11.4. The van der Waals surface area contributed by atoms with Crippen LogP contribution in [-0.4, -0.2) is 8.42 Å². The summed E-state index contributed by atoms with van der Waals surface area (Å²) in [4.78, 5) is -0.0969. The van der Waals surface area contributed by atoms with Crippen molar-refractivity contribution in [1.29, 1.82) is 0 Å². The van der Waals surface area contributed by atoms with Crippen LogP contribution in [0.3, 0.4) is 0 Å². The topological polar surface area (TPSA) is 55.4 Å². The molecule has 3 aromatic rings. The molecule has 3 rings (SSSR count). The van der Waals surface area contributed by atoms with Crippen LogP contribution in [0.4, 0.5) is 4.39 Å². The summed E-state index contributed by atoms with van der Waals surface area (Å²) in [5.41, 5.74) is 2.78. The summed E-state index contributed by atoms with van der Waals surface area (Å²) < 4.78 is 46.3. The Labute approximate surface area is 158 Å². The molecule has 0 aliphatic heterocycles. The van der Waals surface area contributed by atoms with Gasteiger partial charge in [-0.15, -0.1) is 0 Å². The molecule has 6 heteroatoms. The van der Waals surface area contributed by atoms with E-state index in [1.807, 2.05) is 54.6 Å². The Kier molecular flexibility index (Phi) is 6.34. The van der Waals surface area contributed by atoms with Crippen LogP contribution in [-0.2, 0) is 34.5 Å². The molecule has 0 aliphatic carbocycles. The Hall–Kier alpha value is -2.54. The highest BCUT2D eigenvalue weighted by molar-refractivity contribution is 7.89. The third-order valence-corrected chi connectivity index (χ3v) is 5.45. The zero-order chi connectivity index (χ0) is 19.1. The zero-order valence-corrected chi connectivity index (χ0v) is 15.5. The molecule has 140 valence electrons. The summed E-state index contributed by atoms with van der Waals surface area (Å²) >= 11 is 0. The van der Waals surface area contributed by atoms with Gasteiger partial charge in [0.15, 0.2) is 0 Å². The van der Waals surface area contributed by atoms with Crippen molar-refractivity contribution >= 4 is 10.0 Å². The first kappa shape index (κ1) is 19.2. The van der Waals surface area contributed by atoms with Gasteiger partial charge in [-0.2, -0.15) is 0 Å². The van der Waals surface area contributed by atoms with E-state index in [0.29, 0.717) is 13.2 Å². The molecule has 0 amide bonds. The Morgan fingerprint density at radius 3 is 2.26 bits per heavy atom. The lowest BCUT2D eigenvalue weighted by atomic mass is 10.1. The quantitative estimate of drug-likeness (QED) is 0.637. The molecule has 1 N–H and O–H groups in total. The number of ether oxygens (including phenoxy) is 1. The molecule has 0 unspecified atom stereocenters. The number of rotatable bonds is 8. The molecule has 0 fully saturated rings. The second-order valence-electron chi connectivity index (χ2n) is 6.03. The lowest BCUT2D eigenvalue weighted by Gasteiger charge is -2.12. The van der Waals surface area contributed by atoms with Crippen molar-refractivity contribution in [3.63, 3.8) is 0 Å². The van der Waals surface area contributed by atoms with Crippen LogP contribution >= 0.6 is 0 Å². The highest BCUT2D eigenvalue weighted by atomic mass is 32.2. The minimum Gasteiger partial charge on any atom is -0.372 e. The predicted octanol–water partition coefficient (Wildman–Crippen LogP) is 4.02. The van der Waals surface area contributed by atoms with Crippen LogP contribution in [0, 0.1) is 5.82 Å². The molecule has 0 saturated heterocycles. The molecule has 0 saturated carbocycles. The SMILES string of the molecule is O=S(=O)(NCc1ccccc1COCc1ccccc1)c1cccc(F)c1. The molecule has 4 nitrogen and oxygen atoms in total. The smallest absolute Gasteiger partial charge is 0.240 e. The van der Waals surface area contributed by atoms with Crippen LogP contribution in [0.1, 0.15) is 16.7 Å². The fraction of sp³-hybridized carbons (Fsp3) is 0.143. The number of sulfonamides is 1. The number of hydrogen-bond donors (Lipinski definition) is 1. The van der Waals surface area contributed by atoms with Crippen molar-refractivity contribution in [2.24, 2.45) is 0 Å². The summed E-state index contributed by atoms with van der Waals surface area (Å²) in [5.74, 6) is -0.590. The third-order valence-electron chi connectivity index (χ3n) is 4.05. The van der Waals surface area contributed by atoms with E-state index in [9.17, 15) is 12.8 Å². The van der Waals surface area contributed by atoms with Gasteiger partial charge in [-0.3, -0.25) is 0 Å². The van der Waals surface area contributed by atoms with E-state index >= 15 is 0 Å². The highest BCUT2D eigenvalue weighted by Crippen LogP contribution is 2.15. The van der Waals surface area contributed by atoms with Gasteiger partial charge >= 0.3 is 0 Å². The number of halogens is 1. The van der Waals surface area contributed by atoms with Gasteiger partial charge in [0.2, 0.25) is 10.0 Å². The molecular formula is C21H20FNO3S. The lowest BCUT2D eigenvalue weighted by molar-refractivity contribution is 0.106. The number of nitrogens with one attached hydrogen (secondary N) is 1. The summed E-state index contributed by atoms with van der Waals surface area (Å²) in [7, 11) is -3.79. The summed E-state index contributed by atoms with van der Waals surface area (Å²) in [6, 6.07) is 22.2. The lowest BCUT2D eigenvalue weighted by Crippen LogP contribution is -2.24. The molecule has 3 aromatic carbocycles. The molecule has 0 radical (unpaired) electrons. The van der Waals surface area contributed by atoms with Crippen molar-refractivity contribution in [3.8, 4) is 0 Å². The molecule has 0 spiro atoms.